The molecule has 21 heavy (non-hydrogen) atoms. The van der Waals surface area contributed by atoms with E-state index >= 15 is 0 Å². The molecule has 0 heterocycles. The van der Waals surface area contributed by atoms with Gasteiger partial charge in [0.25, 0.3) is 0 Å². The lowest BCUT2D eigenvalue weighted by Crippen LogP contribution is -2.08. The molecule has 0 spiro atoms. The molecule has 2 nitrogen and oxygen atoms in total. The molecule has 0 fully saturated rings. The smallest absolute Gasteiger partial charge is 0.417 e. The number of benzene rings is 2. The van der Waals surface area contributed by atoms with Crippen LogP contribution >= 0.6 is 0 Å². The molecular weight excluding hydrogens is 279 g/mol. The Bertz CT molecular complexity index is 742. The monoisotopic (exact) mass is 289 g/mol. The van der Waals surface area contributed by atoms with Crippen molar-refractivity contribution in [2.24, 2.45) is 0 Å². The fraction of sp³-hybridized carbons (Fsp3) is 0.0625. The zero-order valence-corrected chi connectivity index (χ0v) is 10.8. The molecule has 0 saturated heterocycles. The molecule has 0 aliphatic carbocycles. The Morgan fingerprint density at radius 1 is 1.10 bits per heavy atom. The summed E-state index contributed by atoms with van der Waals surface area (Å²) >= 11 is 0. The molecule has 0 bridgehead atoms. The zero-order chi connectivity index (χ0) is 15.6. The van der Waals surface area contributed by atoms with Gasteiger partial charge in [0.15, 0.2) is 0 Å². The van der Waals surface area contributed by atoms with E-state index in [9.17, 15) is 18.3 Å². The number of hydrogen-bond donors (Lipinski definition) is 1. The maximum absolute atomic E-state index is 13.2. The SMILES string of the molecule is C=C(O)c1ccc(-c2ccccc2C#N)c(C(F)(F)F)c1. The van der Waals surface area contributed by atoms with Crippen molar-refractivity contribution in [1.29, 1.82) is 5.26 Å². The molecule has 0 atom stereocenters. The first-order valence-corrected chi connectivity index (χ1v) is 5.93. The van der Waals surface area contributed by atoms with Gasteiger partial charge in [0.1, 0.15) is 5.76 Å². The second-order valence-corrected chi connectivity index (χ2v) is 4.36. The highest BCUT2D eigenvalue weighted by Gasteiger charge is 2.34. The van der Waals surface area contributed by atoms with E-state index in [1.807, 2.05) is 6.07 Å². The molecule has 0 aromatic heterocycles. The van der Waals surface area contributed by atoms with Crippen LogP contribution in [0, 0.1) is 11.3 Å². The molecule has 0 radical (unpaired) electrons. The number of alkyl halides is 3. The summed E-state index contributed by atoms with van der Waals surface area (Å²) in [5, 5.41) is 18.3. The fourth-order valence-corrected chi connectivity index (χ4v) is 2.01. The van der Waals surface area contributed by atoms with Gasteiger partial charge in [0, 0.05) is 11.1 Å². The van der Waals surface area contributed by atoms with Crippen molar-refractivity contribution in [3.8, 4) is 17.2 Å². The number of nitriles is 1. The number of aliphatic hydroxyl groups excluding tert-OH is 1. The first-order chi connectivity index (χ1) is 9.84. The largest absolute Gasteiger partial charge is 0.508 e. The Morgan fingerprint density at radius 3 is 2.33 bits per heavy atom. The van der Waals surface area contributed by atoms with Gasteiger partial charge in [-0.25, -0.2) is 0 Å². The minimum Gasteiger partial charge on any atom is -0.508 e. The van der Waals surface area contributed by atoms with E-state index < -0.39 is 17.5 Å². The van der Waals surface area contributed by atoms with Crippen LogP contribution in [0.3, 0.4) is 0 Å². The maximum atomic E-state index is 13.2. The lowest BCUT2D eigenvalue weighted by Gasteiger charge is -2.15. The van der Waals surface area contributed by atoms with E-state index in [4.69, 9.17) is 5.26 Å². The minimum absolute atomic E-state index is 0.0134. The van der Waals surface area contributed by atoms with Crippen LogP contribution in [0.2, 0.25) is 0 Å². The van der Waals surface area contributed by atoms with Gasteiger partial charge in [-0.15, -0.1) is 0 Å². The van der Waals surface area contributed by atoms with Crippen LogP contribution in [0.25, 0.3) is 16.9 Å². The highest BCUT2D eigenvalue weighted by molar-refractivity contribution is 5.75. The Balaban J connectivity index is 2.75. The predicted molar refractivity (Wildman–Crippen MR) is 73.3 cm³/mol. The van der Waals surface area contributed by atoms with Gasteiger partial charge in [0.05, 0.1) is 17.2 Å². The Morgan fingerprint density at radius 2 is 1.76 bits per heavy atom. The lowest BCUT2D eigenvalue weighted by atomic mass is 9.93. The summed E-state index contributed by atoms with van der Waals surface area (Å²) in [5.41, 5.74) is -0.691. The molecule has 106 valence electrons. The van der Waals surface area contributed by atoms with Crippen LogP contribution < -0.4 is 0 Å². The second-order valence-electron chi connectivity index (χ2n) is 4.36. The van der Waals surface area contributed by atoms with E-state index in [1.165, 1.54) is 24.3 Å². The molecule has 0 saturated carbocycles. The zero-order valence-electron chi connectivity index (χ0n) is 10.8. The molecule has 0 aliphatic rings. The van der Waals surface area contributed by atoms with E-state index in [-0.39, 0.29) is 22.3 Å². The summed E-state index contributed by atoms with van der Waals surface area (Å²) in [4.78, 5) is 0. The van der Waals surface area contributed by atoms with Crippen molar-refractivity contribution < 1.29 is 18.3 Å². The average molecular weight is 289 g/mol. The topological polar surface area (TPSA) is 44.0 Å². The van der Waals surface area contributed by atoms with Crippen molar-refractivity contribution in [2.45, 2.75) is 6.18 Å². The van der Waals surface area contributed by atoms with Gasteiger partial charge < -0.3 is 5.11 Å². The average Bonchev–Trinajstić information content (AvgIpc) is 2.45. The third-order valence-electron chi connectivity index (χ3n) is 3.00. The minimum atomic E-state index is -4.61. The molecule has 2 rings (SSSR count). The Labute approximate surface area is 119 Å². The quantitative estimate of drug-likeness (QED) is 0.809. The van der Waals surface area contributed by atoms with Crippen LogP contribution in [0.4, 0.5) is 13.2 Å². The van der Waals surface area contributed by atoms with Gasteiger partial charge in [0.2, 0.25) is 0 Å². The lowest BCUT2D eigenvalue weighted by molar-refractivity contribution is -0.137. The molecule has 1 N–H and O–H groups in total. The summed E-state index contributed by atoms with van der Waals surface area (Å²) in [7, 11) is 0. The number of nitrogens with zero attached hydrogens (tertiary/aromatic N) is 1. The first kappa shape index (κ1) is 14.7. The van der Waals surface area contributed by atoms with Crippen molar-refractivity contribution >= 4 is 5.76 Å². The third kappa shape index (κ3) is 2.90. The van der Waals surface area contributed by atoms with Crippen LogP contribution in [0.1, 0.15) is 16.7 Å². The summed E-state index contributed by atoms with van der Waals surface area (Å²) in [6.07, 6.45) is -4.61. The molecule has 0 unspecified atom stereocenters. The van der Waals surface area contributed by atoms with Gasteiger partial charge in [-0.05, 0) is 17.7 Å². The summed E-state index contributed by atoms with van der Waals surface area (Å²) < 4.78 is 39.7. The summed E-state index contributed by atoms with van der Waals surface area (Å²) in [5.74, 6) is -0.444. The van der Waals surface area contributed by atoms with E-state index in [0.29, 0.717) is 0 Å². The molecule has 2 aromatic carbocycles. The fourth-order valence-electron chi connectivity index (χ4n) is 2.01. The highest BCUT2D eigenvalue weighted by atomic mass is 19.4. The van der Waals surface area contributed by atoms with Gasteiger partial charge in [-0.1, -0.05) is 36.9 Å². The van der Waals surface area contributed by atoms with Gasteiger partial charge in [-0.3, -0.25) is 0 Å². The van der Waals surface area contributed by atoms with E-state index in [1.54, 1.807) is 12.1 Å². The second kappa shape index (κ2) is 5.33. The summed E-state index contributed by atoms with van der Waals surface area (Å²) in [6, 6.07) is 11.3. The van der Waals surface area contributed by atoms with Crippen molar-refractivity contribution in [2.75, 3.05) is 0 Å². The normalized spacial score (nSPS) is 11.0. The van der Waals surface area contributed by atoms with E-state index in [2.05, 4.69) is 6.58 Å². The van der Waals surface area contributed by atoms with E-state index in [0.717, 1.165) is 6.07 Å². The molecular formula is C16H10F3NO. The van der Waals surface area contributed by atoms with Crippen LogP contribution in [-0.4, -0.2) is 5.11 Å². The van der Waals surface area contributed by atoms with Crippen molar-refractivity contribution in [3.63, 3.8) is 0 Å². The standard InChI is InChI=1S/C16H10F3NO/c1-10(21)11-6-7-14(15(8-11)16(17,18)19)13-5-3-2-4-12(13)9-20/h2-8,21H,1H2. The Hall–Kier alpha value is -2.74. The number of hydrogen-bond acceptors (Lipinski definition) is 2. The first-order valence-electron chi connectivity index (χ1n) is 5.93. The molecule has 0 aliphatic heterocycles. The third-order valence-corrected chi connectivity index (χ3v) is 3.00. The maximum Gasteiger partial charge on any atom is 0.417 e. The molecule has 2 aromatic rings. The number of aliphatic hydroxyl groups is 1. The van der Waals surface area contributed by atoms with Crippen LogP contribution in [-0.2, 0) is 6.18 Å². The number of halogens is 3. The number of rotatable bonds is 2. The molecule has 0 amide bonds. The molecule has 5 heteroatoms. The van der Waals surface area contributed by atoms with Gasteiger partial charge in [-0.2, -0.15) is 18.4 Å². The van der Waals surface area contributed by atoms with Crippen LogP contribution in [0.5, 0.6) is 0 Å². The summed E-state index contributed by atoms with van der Waals surface area (Å²) in [6.45, 7) is 3.22. The Kier molecular flexibility index (Phi) is 3.72. The van der Waals surface area contributed by atoms with Crippen LogP contribution in [0.15, 0.2) is 49.0 Å². The highest BCUT2D eigenvalue weighted by Crippen LogP contribution is 2.39. The predicted octanol–water partition coefficient (Wildman–Crippen LogP) is 4.77. The van der Waals surface area contributed by atoms with Gasteiger partial charge >= 0.3 is 6.18 Å². The van der Waals surface area contributed by atoms with Crippen molar-refractivity contribution in [3.05, 3.63) is 65.7 Å². The van der Waals surface area contributed by atoms with Crippen molar-refractivity contribution in [1.82, 2.24) is 0 Å².